The summed E-state index contributed by atoms with van der Waals surface area (Å²) in [6, 6.07) is 5.66. The number of rotatable bonds is 4. The molecule has 1 heterocycles. The van der Waals surface area contributed by atoms with Crippen LogP contribution in [0.2, 0.25) is 5.02 Å². The molecule has 0 aliphatic rings. The van der Waals surface area contributed by atoms with Gasteiger partial charge in [-0.15, -0.1) is 0 Å². The van der Waals surface area contributed by atoms with E-state index in [1.54, 1.807) is 7.11 Å². The number of aryl methyl sites for hydroxylation is 2. The fourth-order valence-electron chi connectivity index (χ4n) is 2.59. The van der Waals surface area contributed by atoms with E-state index in [1.165, 1.54) is 0 Å². The van der Waals surface area contributed by atoms with Gasteiger partial charge >= 0.3 is 0 Å². The van der Waals surface area contributed by atoms with E-state index in [2.05, 4.69) is 17.3 Å². The van der Waals surface area contributed by atoms with Crippen molar-refractivity contribution < 1.29 is 4.74 Å². The molecule has 5 heteroatoms. The van der Waals surface area contributed by atoms with Crippen molar-refractivity contribution in [1.29, 1.82) is 0 Å². The van der Waals surface area contributed by atoms with E-state index >= 15 is 0 Å². The van der Waals surface area contributed by atoms with Gasteiger partial charge in [0.15, 0.2) is 0 Å². The Balaban J connectivity index is 2.61. The fraction of sp³-hybridized carbons (Fsp3) is 0.400. The van der Waals surface area contributed by atoms with Gasteiger partial charge in [0.2, 0.25) is 0 Å². The Hall–Kier alpha value is -1.52. The Kier molecular flexibility index (Phi) is 4.35. The van der Waals surface area contributed by atoms with Gasteiger partial charge in [-0.25, -0.2) is 0 Å². The molecule has 2 aromatic rings. The summed E-state index contributed by atoms with van der Waals surface area (Å²) in [7, 11) is 5.55. The van der Waals surface area contributed by atoms with Crippen LogP contribution in [0.15, 0.2) is 18.2 Å². The van der Waals surface area contributed by atoms with Gasteiger partial charge in [0.05, 0.1) is 18.8 Å². The molecule has 0 saturated carbocycles. The lowest BCUT2D eigenvalue weighted by Gasteiger charge is -2.20. The van der Waals surface area contributed by atoms with Crippen LogP contribution >= 0.6 is 11.6 Å². The van der Waals surface area contributed by atoms with Crippen molar-refractivity contribution in [2.45, 2.75) is 19.9 Å². The molecule has 0 fully saturated rings. The van der Waals surface area contributed by atoms with Crippen LogP contribution in [0.5, 0.6) is 5.75 Å². The van der Waals surface area contributed by atoms with Crippen molar-refractivity contribution in [2.75, 3.05) is 14.2 Å². The zero-order chi connectivity index (χ0) is 14.9. The van der Waals surface area contributed by atoms with Gasteiger partial charge in [-0.2, -0.15) is 5.10 Å². The van der Waals surface area contributed by atoms with Crippen molar-refractivity contribution >= 4 is 11.6 Å². The normalized spacial score (nSPS) is 12.5. The van der Waals surface area contributed by atoms with Crippen LogP contribution in [0, 0.1) is 13.8 Å². The largest absolute Gasteiger partial charge is 0.496 e. The van der Waals surface area contributed by atoms with E-state index in [9.17, 15) is 0 Å². The van der Waals surface area contributed by atoms with Crippen molar-refractivity contribution in [3.05, 3.63) is 45.7 Å². The second kappa shape index (κ2) is 5.85. The number of nitrogens with one attached hydrogen (secondary N) is 1. The van der Waals surface area contributed by atoms with Gasteiger partial charge in [-0.1, -0.05) is 11.6 Å². The lowest BCUT2D eigenvalue weighted by molar-refractivity contribution is 0.405. The minimum Gasteiger partial charge on any atom is -0.496 e. The predicted octanol–water partition coefficient (Wildman–Crippen LogP) is 3.01. The molecule has 0 spiro atoms. The molecule has 0 aliphatic carbocycles. The third-order valence-corrected chi connectivity index (χ3v) is 3.88. The average molecular weight is 294 g/mol. The highest BCUT2D eigenvalue weighted by Crippen LogP contribution is 2.34. The molecular weight excluding hydrogens is 274 g/mol. The zero-order valence-electron chi connectivity index (χ0n) is 12.5. The van der Waals surface area contributed by atoms with Crippen LogP contribution in [0.1, 0.15) is 28.6 Å². The summed E-state index contributed by atoms with van der Waals surface area (Å²) >= 11 is 6.14. The molecule has 0 amide bonds. The summed E-state index contributed by atoms with van der Waals surface area (Å²) < 4.78 is 7.36. The minimum absolute atomic E-state index is 0.00245. The second-order valence-electron chi connectivity index (χ2n) is 4.82. The van der Waals surface area contributed by atoms with Gasteiger partial charge < -0.3 is 10.1 Å². The molecule has 0 aliphatic heterocycles. The predicted molar refractivity (Wildman–Crippen MR) is 81.6 cm³/mol. The molecular formula is C15H20ClN3O. The molecule has 4 nitrogen and oxygen atoms in total. The highest BCUT2D eigenvalue weighted by Gasteiger charge is 2.23. The van der Waals surface area contributed by atoms with E-state index in [4.69, 9.17) is 16.3 Å². The minimum atomic E-state index is -0.00245. The van der Waals surface area contributed by atoms with E-state index in [-0.39, 0.29) is 6.04 Å². The Morgan fingerprint density at radius 3 is 2.55 bits per heavy atom. The van der Waals surface area contributed by atoms with Crippen LogP contribution in [0.4, 0.5) is 0 Å². The number of benzene rings is 1. The highest BCUT2D eigenvalue weighted by atomic mass is 35.5. The standard InChI is InChI=1S/C15H20ClN3O/c1-9-14(10(2)19(4)18-9)15(17-3)12-8-11(16)6-7-13(12)20-5/h6-8,15,17H,1-5H3. The van der Waals surface area contributed by atoms with Crippen molar-refractivity contribution in [2.24, 2.45) is 7.05 Å². The smallest absolute Gasteiger partial charge is 0.124 e. The van der Waals surface area contributed by atoms with E-state index in [1.807, 2.05) is 43.9 Å². The molecule has 20 heavy (non-hydrogen) atoms. The first-order chi connectivity index (χ1) is 9.49. The third kappa shape index (κ3) is 2.53. The van der Waals surface area contributed by atoms with E-state index < -0.39 is 0 Å². The summed E-state index contributed by atoms with van der Waals surface area (Å²) in [6.45, 7) is 4.08. The Morgan fingerprint density at radius 2 is 2.05 bits per heavy atom. The molecule has 0 bridgehead atoms. The first-order valence-corrected chi connectivity index (χ1v) is 6.88. The van der Waals surface area contributed by atoms with E-state index in [0.717, 1.165) is 28.3 Å². The molecule has 1 unspecified atom stereocenters. The number of hydrogen-bond acceptors (Lipinski definition) is 3. The first-order valence-electron chi connectivity index (χ1n) is 6.50. The maximum atomic E-state index is 6.14. The Labute approximate surface area is 124 Å². The zero-order valence-corrected chi connectivity index (χ0v) is 13.2. The van der Waals surface area contributed by atoms with Crippen LogP contribution < -0.4 is 10.1 Å². The Morgan fingerprint density at radius 1 is 1.35 bits per heavy atom. The fourth-order valence-corrected chi connectivity index (χ4v) is 2.77. The summed E-state index contributed by atoms with van der Waals surface area (Å²) in [5, 5.41) is 8.52. The number of halogens is 1. The molecule has 1 N–H and O–H groups in total. The van der Waals surface area contributed by atoms with Crippen LogP contribution in [-0.4, -0.2) is 23.9 Å². The van der Waals surface area contributed by atoms with Crippen molar-refractivity contribution in [3.63, 3.8) is 0 Å². The first kappa shape index (κ1) is 14.9. The highest BCUT2D eigenvalue weighted by molar-refractivity contribution is 6.30. The molecule has 2 rings (SSSR count). The monoisotopic (exact) mass is 293 g/mol. The number of nitrogens with zero attached hydrogens (tertiary/aromatic N) is 2. The van der Waals surface area contributed by atoms with Gasteiger partial charge in [-0.05, 0) is 39.1 Å². The van der Waals surface area contributed by atoms with Gasteiger partial charge in [0.1, 0.15) is 5.75 Å². The van der Waals surface area contributed by atoms with E-state index in [0.29, 0.717) is 5.02 Å². The maximum absolute atomic E-state index is 6.14. The van der Waals surface area contributed by atoms with Gasteiger partial charge in [0.25, 0.3) is 0 Å². The van der Waals surface area contributed by atoms with Gasteiger partial charge in [-0.3, -0.25) is 4.68 Å². The maximum Gasteiger partial charge on any atom is 0.124 e. The number of aromatic nitrogens is 2. The number of methoxy groups -OCH3 is 1. The molecule has 0 saturated heterocycles. The van der Waals surface area contributed by atoms with Crippen LogP contribution in [0.25, 0.3) is 0 Å². The van der Waals surface area contributed by atoms with Gasteiger partial charge in [0, 0.05) is 28.9 Å². The SMILES string of the molecule is CNC(c1cc(Cl)ccc1OC)c1c(C)nn(C)c1C. The molecule has 1 aromatic carbocycles. The average Bonchev–Trinajstić information content (AvgIpc) is 2.67. The molecule has 1 atom stereocenters. The summed E-state index contributed by atoms with van der Waals surface area (Å²) in [5.41, 5.74) is 4.31. The number of ether oxygens (including phenoxy) is 1. The lowest BCUT2D eigenvalue weighted by atomic mass is 9.96. The van der Waals surface area contributed by atoms with Crippen LogP contribution in [0.3, 0.4) is 0 Å². The topological polar surface area (TPSA) is 39.1 Å². The summed E-state index contributed by atoms with van der Waals surface area (Å²) in [6.07, 6.45) is 0. The Bertz CT molecular complexity index is 622. The lowest BCUT2D eigenvalue weighted by Crippen LogP contribution is -2.20. The van der Waals surface area contributed by atoms with Crippen molar-refractivity contribution in [3.8, 4) is 5.75 Å². The van der Waals surface area contributed by atoms with Crippen molar-refractivity contribution in [1.82, 2.24) is 15.1 Å². The van der Waals surface area contributed by atoms with Crippen LogP contribution in [-0.2, 0) is 7.05 Å². The third-order valence-electron chi connectivity index (χ3n) is 3.65. The second-order valence-corrected chi connectivity index (χ2v) is 5.25. The molecule has 1 aromatic heterocycles. The summed E-state index contributed by atoms with van der Waals surface area (Å²) in [5.74, 6) is 0.816. The molecule has 0 radical (unpaired) electrons. The summed E-state index contributed by atoms with van der Waals surface area (Å²) in [4.78, 5) is 0. The molecule has 108 valence electrons. The quantitative estimate of drug-likeness (QED) is 0.942. The number of hydrogen-bond donors (Lipinski definition) is 1.